The van der Waals surface area contributed by atoms with Gasteiger partial charge < -0.3 is 15.7 Å². The molecule has 0 aliphatic rings. The third kappa shape index (κ3) is 2.85. The van der Waals surface area contributed by atoms with Gasteiger partial charge in [0.25, 0.3) is 0 Å². The molecule has 5 heteroatoms. The lowest BCUT2D eigenvalue weighted by Crippen LogP contribution is -2.20. The number of aromatic nitrogens is 2. The van der Waals surface area contributed by atoms with Crippen LogP contribution < -0.4 is 10.6 Å². The summed E-state index contributed by atoms with van der Waals surface area (Å²) < 4.78 is 0. The van der Waals surface area contributed by atoms with Gasteiger partial charge in [-0.1, -0.05) is 0 Å². The summed E-state index contributed by atoms with van der Waals surface area (Å²) in [5, 5.41) is 14.8. The van der Waals surface area contributed by atoms with Gasteiger partial charge in [-0.25, -0.2) is 4.98 Å². The molecule has 0 saturated carbocycles. The van der Waals surface area contributed by atoms with Crippen molar-refractivity contribution in [3.05, 3.63) is 11.8 Å². The Morgan fingerprint density at radius 2 is 2.21 bits per heavy atom. The molecule has 0 aliphatic carbocycles. The fourth-order valence-corrected chi connectivity index (χ4v) is 1.05. The Morgan fingerprint density at radius 1 is 1.50 bits per heavy atom. The lowest BCUT2D eigenvalue weighted by atomic mass is 10.3. The molecule has 0 aromatic carbocycles. The van der Waals surface area contributed by atoms with E-state index in [0.29, 0.717) is 5.95 Å². The molecule has 0 bridgehead atoms. The Morgan fingerprint density at radius 3 is 2.79 bits per heavy atom. The van der Waals surface area contributed by atoms with E-state index in [2.05, 4.69) is 20.6 Å². The normalized spacial score (nSPS) is 12.3. The molecule has 1 rings (SSSR count). The van der Waals surface area contributed by atoms with Gasteiger partial charge in [-0.15, -0.1) is 0 Å². The third-order valence-electron chi connectivity index (χ3n) is 1.75. The molecule has 5 nitrogen and oxygen atoms in total. The molecule has 1 unspecified atom stereocenters. The van der Waals surface area contributed by atoms with Crippen LogP contribution in [0, 0.1) is 6.92 Å². The van der Waals surface area contributed by atoms with Crippen LogP contribution in [0.15, 0.2) is 6.07 Å². The van der Waals surface area contributed by atoms with E-state index in [-0.39, 0.29) is 12.6 Å². The minimum Gasteiger partial charge on any atom is -0.394 e. The zero-order valence-corrected chi connectivity index (χ0v) is 8.70. The van der Waals surface area contributed by atoms with E-state index in [1.165, 1.54) is 0 Å². The molecule has 0 fully saturated rings. The molecular formula is C9H16N4O. The molecule has 1 atom stereocenters. The van der Waals surface area contributed by atoms with E-state index >= 15 is 0 Å². The first-order valence-electron chi connectivity index (χ1n) is 4.56. The summed E-state index contributed by atoms with van der Waals surface area (Å²) in [6.45, 7) is 3.87. The largest absolute Gasteiger partial charge is 0.394 e. The van der Waals surface area contributed by atoms with Crippen LogP contribution in [0.25, 0.3) is 0 Å². The van der Waals surface area contributed by atoms with E-state index in [1.807, 2.05) is 19.9 Å². The summed E-state index contributed by atoms with van der Waals surface area (Å²) in [6.07, 6.45) is 0. The molecule has 14 heavy (non-hydrogen) atoms. The number of anilines is 2. The minimum atomic E-state index is -0.00555. The molecule has 3 N–H and O–H groups in total. The van der Waals surface area contributed by atoms with Gasteiger partial charge in [0.2, 0.25) is 5.95 Å². The number of nitrogens with one attached hydrogen (secondary N) is 2. The van der Waals surface area contributed by atoms with E-state index in [4.69, 9.17) is 5.11 Å². The van der Waals surface area contributed by atoms with Crippen LogP contribution in [-0.4, -0.2) is 34.8 Å². The van der Waals surface area contributed by atoms with Crippen LogP contribution in [-0.2, 0) is 0 Å². The van der Waals surface area contributed by atoms with Gasteiger partial charge in [0.15, 0.2) is 0 Å². The highest BCUT2D eigenvalue weighted by molar-refractivity contribution is 5.42. The van der Waals surface area contributed by atoms with Crippen molar-refractivity contribution in [1.82, 2.24) is 9.97 Å². The highest BCUT2D eigenvalue weighted by Gasteiger charge is 2.03. The molecular weight excluding hydrogens is 180 g/mol. The topological polar surface area (TPSA) is 70.1 Å². The summed E-state index contributed by atoms with van der Waals surface area (Å²) in [4.78, 5) is 8.36. The Hall–Kier alpha value is -1.36. The SMILES string of the molecule is CNc1nc(C)cc(NC(C)CO)n1. The maximum atomic E-state index is 8.87. The van der Waals surface area contributed by atoms with Crippen molar-refractivity contribution in [3.63, 3.8) is 0 Å². The van der Waals surface area contributed by atoms with Gasteiger partial charge in [0.05, 0.1) is 6.61 Å². The number of hydrogen-bond donors (Lipinski definition) is 3. The molecule has 0 spiro atoms. The summed E-state index contributed by atoms with van der Waals surface area (Å²) in [7, 11) is 1.77. The van der Waals surface area contributed by atoms with Gasteiger partial charge in [-0.05, 0) is 13.8 Å². The molecule has 0 amide bonds. The Bertz CT molecular complexity index is 303. The van der Waals surface area contributed by atoms with Crippen LogP contribution in [0.5, 0.6) is 0 Å². The molecule has 0 radical (unpaired) electrons. The summed E-state index contributed by atoms with van der Waals surface area (Å²) in [5.74, 6) is 1.31. The molecule has 78 valence electrons. The summed E-state index contributed by atoms with van der Waals surface area (Å²) >= 11 is 0. The van der Waals surface area contributed by atoms with Crippen molar-refractivity contribution in [3.8, 4) is 0 Å². The minimum absolute atomic E-state index is 0.00555. The summed E-state index contributed by atoms with van der Waals surface area (Å²) in [5.41, 5.74) is 0.886. The average molecular weight is 196 g/mol. The zero-order valence-electron chi connectivity index (χ0n) is 8.70. The first kappa shape index (κ1) is 10.7. The van der Waals surface area contributed by atoms with Crippen molar-refractivity contribution >= 4 is 11.8 Å². The lowest BCUT2D eigenvalue weighted by Gasteiger charge is -2.12. The first-order valence-corrected chi connectivity index (χ1v) is 4.56. The standard InChI is InChI=1S/C9H16N4O/c1-6-4-8(11-7(2)5-14)13-9(10-3)12-6/h4,7,14H,5H2,1-3H3,(H2,10,11,12,13). The van der Waals surface area contributed by atoms with E-state index in [0.717, 1.165) is 11.5 Å². The molecule has 0 saturated heterocycles. The number of aryl methyl sites for hydroxylation is 1. The zero-order chi connectivity index (χ0) is 10.6. The smallest absolute Gasteiger partial charge is 0.224 e. The molecule has 1 aromatic rings. The lowest BCUT2D eigenvalue weighted by molar-refractivity contribution is 0.281. The van der Waals surface area contributed by atoms with Gasteiger partial charge in [-0.3, -0.25) is 0 Å². The predicted molar refractivity (Wildman–Crippen MR) is 56.5 cm³/mol. The van der Waals surface area contributed by atoms with Crippen molar-refractivity contribution < 1.29 is 5.11 Å². The van der Waals surface area contributed by atoms with E-state index in [9.17, 15) is 0 Å². The van der Waals surface area contributed by atoms with Crippen LogP contribution in [0.1, 0.15) is 12.6 Å². The number of nitrogens with zero attached hydrogens (tertiary/aromatic N) is 2. The van der Waals surface area contributed by atoms with Crippen molar-refractivity contribution in [1.29, 1.82) is 0 Å². The van der Waals surface area contributed by atoms with E-state index in [1.54, 1.807) is 7.05 Å². The maximum Gasteiger partial charge on any atom is 0.224 e. The molecule has 0 aliphatic heterocycles. The second kappa shape index (κ2) is 4.76. The number of aliphatic hydroxyl groups excluding tert-OH is 1. The van der Waals surface area contributed by atoms with Crippen molar-refractivity contribution in [2.75, 3.05) is 24.3 Å². The third-order valence-corrected chi connectivity index (χ3v) is 1.75. The van der Waals surface area contributed by atoms with Crippen molar-refractivity contribution in [2.45, 2.75) is 19.9 Å². The monoisotopic (exact) mass is 196 g/mol. The Balaban J connectivity index is 2.81. The maximum absolute atomic E-state index is 8.87. The highest BCUT2D eigenvalue weighted by atomic mass is 16.3. The van der Waals surface area contributed by atoms with Gasteiger partial charge >= 0.3 is 0 Å². The predicted octanol–water partition coefficient (Wildman–Crippen LogP) is 0.619. The van der Waals surface area contributed by atoms with Crippen LogP contribution in [0.3, 0.4) is 0 Å². The second-order valence-electron chi connectivity index (χ2n) is 3.20. The highest BCUT2D eigenvalue weighted by Crippen LogP contribution is 2.09. The fourth-order valence-electron chi connectivity index (χ4n) is 1.05. The van der Waals surface area contributed by atoms with Crippen molar-refractivity contribution in [2.24, 2.45) is 0 Å². The first-order chi connectivity index (χ1) is 6.65. The fraction of sp³-hybridized carbons (Fsp3) is 0.556. The Labute approximate surface area is 83.6 Å². The molecule has 1 aromatic heterocycles. The van der Waals surface area contributed by atoms with Crippen LogP contribution >= 0.6 is 0 Å². The summed E-state index contributed by atoms with van der Waals surface area (Å²) in [6, 6.07) is 1.83. The average Bonchev–Trinajstić information content (AvgIpc) is 2.16. The van der Waals surface area contributed by atoms with Gasteiger partial charge in [-0.2, -0.15) is 4.98 Å². The number of rotatable bonds is 4. The second-order valence-corrected chi connectivity index (χ2v) is 3.20. The molecule has 1 heterocycles. The van der Waals surface area contributed by atoms with E-state index < -0.39 is 0 Å². The van der Waals surface area contributed by atoms with Crippen LogP contribution in [0.2, 0.25) is 0 Å². The van der Waals surface area contributed by atoms with Crippen LogP contribution in [0.4, 0.5) is 11.8 Å². The van der Waals surface area contributed by atoms with Gasteiger partial charge in [0.1, 0.15) is 5.82 Å². The number of aliphatic hydroxyl groups is 1. The number of hydrogen-bond acceptors (Lipinski definition) is 5. The Kier molecular flexibility index (Phi) is 3.64. The quantitative estimate of drug-likeness (QED) is 0.658. The van der Waals surface area contributed by atoms with Gasteiger partial charge in [0, 0.05) is 24.8 Å².